The number of hydrogen-bond acceptors (Lipinski definition) is 4. The third-order valence-electron chi connectivity index (χ3n) is 4.39. The minimum atomic E-state index is -0.207. The quantitative estimate of drug-likeness (QED) is 0.841. The fraction of sp³-hybridized carbons (Fsp3) is 0.444. The molecule has 6 heteroatoms. The molecule has 1 aromatic carbocycles. The summed E-state index contributed by atoms with van der Waals surface area (Å²) < 4.78 is 13.8. The third kappa shape index (κ3) is 4.39. The fourth-order valence-electron chi connectivity index (χ4n) is 2.94. The van der Waals surface area contributed by atoms with Gasteiger partial charge in [-0.1, -0.05) is 18.2 Å². The van der Waals surface area contributed by atoms with Crippen LogP contribution in [0, 0.1) is 18.7 Å². The molecule has 128 valence electrons. The zero-order valence-electron chi connectivity index (χ0n) is 13.8. The highest BCUT2D eigenvalue weighted by Gasteiger charge is 2.17. The smallest absolute Gasteiger partial charge is 0.226 e. The highest BCUT2D eigenvalue weighted by atomic mass is 32.1. The van der Waals surface area contributed by atoms with Crippen LogP contribution in [0.1, 0.15) is 35.4 Å². The molecule has 1 amide bonds. The summed E-state index contributed by atoms with van der Waals surface area (Å²) in [6.07, 6.45) is 3.08. The average Bonchev–Trinajstić information content (AvgIpc) is 3.18. The lowest BCUT2D eigenvalue weighted by atomic mass is 10.0. The van der Waals surface area contributed by atoms with Crippen LogP contribution in [0.25, 0.3) is 0 Å². The minimum absolute atomic E-state index is 0.00749. The SMILES string of the molecule is Cc1nc(NC(=O)CCC2CCNC2)sc1Cc1ccccc1F. The van der Waals surface area contributed by atoms with E-state index in [1.807, 2.05) is 13.0 Å². The van der Waals surface area contributed by atoms with Gasteiger partial charge in [0.2, 0.25) is 5.91 Å². The maximum Gasteiger partial charge on any atom is 0.226 e. The summed E-state index contributed by atoms with van der Waals surface area (Å²) in [4.78, 5) is 17.5. The summed E-state index contributed by atoms with van der Waals surface area (Å²) in [5.74, 6) is 0.402. The Labute approximate surface area is 145 Å². The van der Waals surface area contributed by atoms with Crippen molar-refractivity contribution in [1.29, 1.82) is 0 Å². The van der Waals surface area contributed by atoms with Crippen LogP contribution in [0.3, 0.4) is 0 Å². The number of benzene rings is 1. The first-order valence-corrected chi connectivity index (χ1v) is 9.13. The Morgan fingerprint density at radius 3 is 3.04 bits per heavy atom. The van der Waals surface area contributed by atoms with Crippen LogP contribution in [0.5, 0.6) is 0 Å². The Balaban J connectivity index is 1.57. The summed E-state index contributed by atoms with van der Waals surface area (Å²) >= 11 is 1.43. The molecule has 1 atom stereocenters. The van der Waals surface area contributed by atoms with Gasteiger partial charge >= 0.3 is 0 Å². The van der Waals surface area contributed by atoms with Crippen molar-refractivity contribution in [2.75, 3.05) is 18.4 Å². The van der Waals surface area contributed by atoms with Crippen LogP contribution >= 0.6 is 11.3 Å². The second kappa shape index (κ2) is 7.85. The van der Waals surface area contributed by atoms with E-state index < -0.39 is 0 Å². The first kappa shape index (κ1) is 17.0. The Kier molecular flexibility index (Phi) is 5.58. The van der Waals surface area contributed by atoms with E-state index in [1.54, 1.807) is 12.1 Å². The van der Waals surface area contributed by atoms with Gasteiger partial charge in [0.25, 0.3) is 0 Å². The van der Waals surface area contributed by atoms with E-state index in [9.17, 15) is 9.18 Å². The van der Waals surface area contributed by atoms with Crippen molar-refractivity contribution in [2.45, 2.75) is 32.6 Å². The van der Waals surface area contributed by atoms with Crippen LogP contribution < -0.4 is 10.6 Å². The maximum atomic E-state index is 13.8. The molecule has 3 rings (SSSR count). The van der Waals surface area contributed by atoms with E-state index in [1.165, 1.54) is 17.4 Å². The zero-order valence-corrected chi connectivity index (χ0v) is 14.6. The molecule has 2 N–H and O–H groups in total. The van der Waals surface area contributed by atoms with Crippen molar-refractivity contribution in [2.24, 2.45) is 5.92 Å². The van der Waals surface area contributed by atoms with E-state index in [2.05, 4.69) is 15.6 Å². The highest BCUT2D eigenvalue weighted by Crippen LogP contribution is 2.26. The van der Waals surface area contributed by atoms with Gasteiger partial charge in [-0.15, -0.1) is 11.3 Å². The molecular formula is C18H22FN3OS. The monoisotopic (exact) mass is 347 g/mol. The number of carbonyl (C=O) groups is 1. The van der Waals surface area contributed by atoms with Crippen LogP contribution in [0.15, 0.2) is 24.3 Å². The molecule has 1 aromatic heterocycles. The summed E-state index contributed by atoms with van der Waals surface area (Å²) in [6.45, 7) is 3.96. The lowest BCUT2D eigenvalue weighted by Gasteiger charge is -2.07. The van der Waals surface area contributed by atoms with Gasteiger partial charge in [-0.05, 0) is 50.4 Å². The Morgan fingerprint density at radius 1 is 1.46 bits per heavy atom. The third-order valence-corrected chi connectivity index (χ3v) is 5.46. The van der Waals surface area contributed by atoms with Gasteiger partial charge in [0, 0.05) is 17.7 Å². The Hall–Kier alpha value is -1.79. The van der Waals surface area contributed by atoms with Gasteiger partial charge in [-0.2, -0.15) is 0 Å². The lowest BCUT2D eigenvalue weighted by Crippen LogP contribution is -2.14. The van der Waals surface area contributed by atoms with Crippen molar-refractivity contribution in [1.82, 2.24) is 10.3 Å². The first-order valence-electron chi connectivity index (χ1n) is 8.32. The molecule has 1 saturated heterocycles. The molecule has 0 radical (unpaired) electrons. The summed E-state index contributed by atoms with van der Waals surface area (Å²) in [5, 5.41) is 6.80. The van der Waals surface area contributed by atoms with Crippen LogP contribution in [-0.2, 0) is 11.2 Å². The van der Waals surface area contributed by atoms with Crippen LogP contribution in [-0.4, -0.2) is 24.0 Å². The first-order chi connectivity index (χ1) is 11.6. The van der Waals surface area contributed by atoms with E-state index in [-0.39, 0.29) is 11.7 Å². The number of amides is 1. The number of aromatic nitrogens is 1. The van der Waals surface area contributed by atoms with Crippen LogP contribution in [0.4, 0.5) is 9.52 Å². The van der Waals surface area contributed by atoms with Crippen LogP contribution in [0.2, 0.25) is 0 Å². The summed E-state index contributed by atoms with van der Waals surface area (Å²) in [7, 11) is 0. The molecule has 1 unspecified atom stereocenters. The number of rotatable bonds is 6. The van der Waals surface area contributed by atoms with Gasteiger partial charge in [0.1, 0.15) is 5.82 Å². The second-order valence-electron chi connectivity index (χ2n) is 6.24. The molecule has 2 aromatic rings. The lowest BCUT2D eigenvalue weighted by molar-refractivity contribution is -0.116. The topological polar surface area (TPSA) is 54.0 Å². The molecule has 0 bridgehead atoms. The molecule has 1 aliphatic rings. The van der Waals surface area contributed by atoms with Crippen molar-refractivity contribution in [3.63, 3.8) is 0 Å². The van der Waals surface area contributed by atoms with Gasteiger partial charge in [-0.25, -0.2) is 9.37 Å². The van der Waals surface area contributed by atoms with Crippen molar-refractivity contribution >= 4 is 22.4 Å². The number of anilines is 1. The Morgan fingerprint density at radius 2 is 2.29 bits per heavy atom. The normalized spacial score (nSPS) is 17.2. The molecule has 4 nitrogen and oxygen atoms in total. The standard InChI is InChI=1S/C18H22FN3OS/c1-12-16(10-14-4-2-3-5-15(14)19)24-18(21-12)22-17(23)7-6-13-8-9-20-11-13/h2-5,13,20H,6-11H2,1H3,(H,21,22,23). The fourth-order valence-corrected chi connectivity index (χ4v) is 3.94. The summed E-state index contributed by atoms with van der Waals surface area (Å²) in [5.41, 5.74) is 1.49. The maximum absolute atomic E-state index is 13.8. The molecule has 2 heterocycles. The molecule has 24 heavy (non-hydrogen) atoms. The van der Waals surface area contributed by atoms with Crippen molar-refractivity contribution in [3.8, 4) is 0 Å². The largest absolute Gasteiger partial charge is 0.316 e. The summed E-state index contributed by atoms with van der Waals surface area (Å²) in [6, 6.07) is 6.76. The van der Waals surface area contributed by atoms with E-state index in [0.29, 0.717) is 29.5 Å². The number of halogens is 1. The molecule has 1 aliphatic heterocycles. The molecule has 0 aliphatic carbocycles. The Bertz CT molecular complexity index is 710. The number of nitrogens with one attached hydrogen (secondary N) is 2. The minimum Gasteiger partial charge on any atom is -0.316 e. The number of hydrogen-bond donors (Lipinski definition) is 2. The molecule has 0 saturated carbocycles. The average molecular weight is 347 g/mol. The molecular weight excluding hydrogens is 325 g/mol. The number of nitrogens with zero attached hydrogens (tertiary/aromatic N) is 1. The van der Waals surface area contributed by atoms with Crippen molar-refractivity contribution < 1.29 is 9.18 Å². The van der Waals surface area contributed by atoms with Gasteiger partial charge < -0.3 is 10.6 Å². The molecule has 0 spiro atoms. The predicted molar refractivity (Wildman–Crippen MR) is 94.9 cm³/mol. The zero-order chi connectivity index (χ0) is 16.9. The van der Waals surface area contributed by atoms with E-state index >= 15 is 0 Å². The van der Waals surface area contributed by atoms with E-state index in [4.69, 9.17) is 0 Å². The van der Waals surface area contributed by atoms with Gasteiger partial charge in [0.05, 0.1) is 5.69 Å². The predicted octanol–water partition coefficient (Wildman–Crippen LogP) is 3.51. The van der Waals surface area contributed by atoms with Crippen molar-refractivity contribution in [3.05, 3.63) is 46.2 Å². The second-order valence-corrected chi connectivity index (χ2v) is 7.33. The highest BCUT2D eigenvalue weighted by molar-refractivity contribution is 7.15. The van der Waals surface area contributed by atoms with Gasteiger partial charge in [-0.3, -0.25) is 4.79 Å². The molecule has 1 fully saturated rings. The van der Waals surface area contributed by atoms with Gasteiger partial charge in [0.15, 0.2) is 5.13 Å². The number of carbonyl (C=O) groups excluding carboxylic acids is 1. The number of aryl methyl sites for hydroxylation is 1. The van der Waals surface area contributed by atoms with E-state index in [0.717, 1.165) is 36.5 Å². The number of thiazole rings is 1.